The van der Waals surface area contributed by atoms with E-state index < -0.39 is 0 Å². The number of H-pyrrole nitrogens is 1. The molecule has 0 saturated heterocycles. The first kappa shape index (κ1) is 12.6. The van der Waals surface area contributed by atoms with Crippen LogP contribution in [0.5, 0.6) is 0 Å². The van der Waals surface area contributed by atoms with Crippen molar-refractivity contribution in [3.63, 3.8) is 0 Å². The van der Waals surface area contributed by atoms with Gasteiger partial charge in [0.05, 0.1) is 0 Å². The van der Waals surface area contributed by atoms with Crippen molar-refractivity contribution in [2.24, 2.45) is 0 Å². The van der Waals surface area contributed by atoms with E-state index in [-0.39, 0.29) is 11.7 Å². The molecule has 1 aromatic heterocycles. The molecule has 0 spiro atoms. The Labute approximate surface area is 107 Å². The Balaban J connectivity index is 1.72. The second kappa shape index (κ2) is 6.15. The summed E-state index contributed by atoms with van der Waals surface area (Å²) in [5.41, 5.74) is 0. The van der Waals surface area contributed by atoms with E-state index in [1.165, 1.54) is 30.2 Å². The fourth-order valence-electron chi connectivity index (χ4n) is 1.25. The Bertz CT molecular complexity index is 500. The summed E-state index contributed by atoms with van der Waals surface area (Å²) in [4.78, 5) is 16.2. The fourth-order valence-corrected chi connectivity index (χ4v) is 2.10. The third-order valence-corrected chi connectivity index (χ3v) is 3.10. The summed E-state index contributed by atoms with van der Waals surface area (Å²) in [6.07, 6.45) is 1.67. The van der Waals surface area contributed by atoms with Crippen molar-refractivity contribution in [3.05, 3.63) is 36.4 Å². The predicted molar refractivity (Wildman–Crippen MR) is 66.8 cm³/mol. The minimum Gasteiger partial charge on any atom is -0.295 e. The Hall–Kier alpha value is -1.89. The number of carbonyl (C=O) groups is 1. The van der Waals surface area contributed by atoms with Crippen LogP contribution in [0.25, 0.3) is 0 Å². The van der Waals surface area contributed by atoms with Crippen LogP contribution in [0.15, 0.2) is 35.5 Å². The maximum absolute atomic E-state index is 12.7. The van der Waals surface area contributed by atoms with E-state index in [1.54, 1.807) is 12.1 Å². The summed E-state index contributed by atoms with van der Waals surface area (Å²) < 4.78 is 12.7. The lowest BCUT2D eigenvalue weighted by molar-refractivity contribution is -0.115. The number of nitrogens with one attached hydrogen (secondary N) is 2. The lowest BCUT2D eigenvalue weighted by Gasteiger charge is -2.02. The van der Waals surface area contributed by atoms with Gasteiger partial charge in [-0.1, -0.05) is 0 Å². The first-order valence-corrected chi connectivity index (χ1v) is 6.26. The topological polar surface area (TPSA) is 70.7 Å². The lowest BCUT2D eigenvalue weighted by atomic mass is 10.4. The summed E-state index contributed by atoms with van der Waals surface area (Å²) in [5.74, 6) is 0.557. The molecule has 0 aliphatic heterocycles. The van der Waals surface area contributed by atoms with Gasteiger partial charge in [0.1, 0.15) is 12.1 Å². The molecule has 0 aliphatic carbocycles. The molecule has 0 radical (unpaired) electrons. The van der Waals surface area contributed by atoms with Crippen LogP contribution in [0.3, 0.4) is 0 Å². The van der Waals surface area contributed by atoms with Crippen LogP contribution in [-0.4, -0.2) is 26.8 Å². The molecule has 1 aromatic carbocycles. The van der Waals surface area contributed by atoms with Gasteiger partial charge in [-0.2, -0.15) is 10.1 Å². The highest BCUT2D eigenvalue weighted by molar-refractivity contribution is 7.99. The largest absolute Gasteiger partial charge is 0.295 e. The number of anilines is 1. The predicted octanol–water partition coefficient (Wildman–Crippen LogP) is 2.06. The maximum atomic E-state index is 12.7. The molecule has 2 rings (SSSR count). The summed E-state index contributed by atoms with van der Waals surface area (Å²) in [6, 6.07) is 6.18. The van der Waals surface area contributed by atoms with Gasteiger partial charge in [0, 0.05) is 17.1 Å². The van der Waals surface area contributed by atoms with Crippen molar-refractivity contribution in [2.45, 2.75) is 11.3 Å². The molecule has 1 heterocycles. The van der Waals surface area contributed by atoms with Crippen LogP contribution >= 0.6 is 11.8 Å². The Morgan fingerprint density at radius 1 is 1.39 bits per heavy atom. The number of hydrogen-bond acceptors (Lipinski definition) is 4. The average Bonchev–Trinajstić information content (AvgIpc) is 2.84. The molecule has 2 aromatic rings. The minimum atomic E-state index is -0.262. The van der Waals surface area contributed by atoms with Crippen molar-refractivity contribution in [1.82, 2.24) is 15.2 Å². The van der Waals surface area contributed by atoms with Gasteiger partial charge in [-0.05, 0) is 24.3 Å². The summed E-state index contributed by atoms with van der Waals surface area (Å²) in [6.45, 7) is 0. The number of halogens is 1. The van der Waals surface area contributed by atoms with Crippen molar-refractivity contribution in [2.75, 3.05) is 11.1 Å². The molecule has 94 valence electrons. The molecule has 7 heteroatoms. The van der Waals surface area contributed by atoms with Crippen molar-refractivity contribution >= 4 is 23.6 Å². The fraction of sp³-hybridized carbons (Fsp3) is 0.182. The highest BCUT2D eigenvalue weighted by Gasteiger charge is 2.04. The molecule has 1 amide bonds. The summed E-state index contributed by atoms with van der Waals surface area (Å²) in [5, 5.41) is 8.74. The van der Waals surface area contributed by atoms with E-state index in [0.29, 0.717) is 18.1 Å². The van der Waals surface area contributed by atoms with Gasteiger partial charge in [-0.3, -0.25) is 10.1 Å². The zero-order valence-electron chi connectivity index (χ0n) is 9.39. The van der Waals surface area contributed by atoms with Crippen LogP contribution in [0.2, 0.25) is 0 Å². The van der Waals surface area contributed by atoms with Gasteiger partial charge in [0.2, 0.25) is 11.9 Å². The van der Waals surface area contributed by atoms with Crippen LogP contribution in [0.4, 0.5) is 10.3 Å². The Morgan fingerprint density at radius 3 is 2.83 bits per heavy atom. The molecular weight excluding hydrogens is 255 g/mol. The van der Waals surface area contributed by atoms with E-state index in [4.69, 9.17) is 0 Å². The second-order valence-electron chi connectivity index (χ2n) is 3.43. The number of aromatic nitrogens is 3. The Morgan fingerprint density at radius 2 is 2.17 bits per heavy atom. The first-order valence-electron chi connectivity index (χ1n) is 5.27. The second-order valence-corrected chi connectivity index (χ2v) is 4.60. The number of hydrogen-bond donors (Lipinski definition) is 2. The van der Waals surface area contributed by atoms with Gasteiger partial charge in [-0.25, -0.2) is 9.49 Å². The van der Waals surface area contributed by atoms with E-state index >= 15 is 0 Å². The van der Waals surface area contributed by atoms with E-state index in [0.717, 1.165) is 4.90 Å². The summed E-state index contributed by atoms with van der Waals surface area (Å²) in [7, 11) is 0. The molecule has 0 aliphatic rings. The number of nitrogens with zero attached hydrogens (tertiary/aromatic N) is 2. The van der Waals surface area contributed by atoms with E-state index in [1.807, 2.05) is 0 Å². The highest BCUT2D eigenvalue weighted by Crippen LogP contribution is 2.18. The maximum Gasteiger partial charge on any atom is 0.227 e. The van der Waals surface area contributed by atoms with Crippen LogP contribution in [-0.2, 0) is 4.79 Å². The van der Waals surface area contributed by atoms with E-state index in [9.17, 15) is 9.18 Å². The van der Waals surface area contributed by atoms with Crippen LogP contribution < -0.4 is 5.32 Å². The molecule has 0 bridgehead atoms. The third-order valence-electron chi connectivity index (χ3n) is 2.08. The quantitative estimate of drug-likeness (QED) is 0.813. The van der Waals surface area contributed by atoms with Gasteiger partial charge in [-0.15, -0.1) is 11.8 Å². The van der Waals surface area contributed by atoms with Gasteiger partial charge in [0.25, 0.3) is 0 Å². The van der Waals surface area contributed by atoms with Crippen molar-refractivity contribution in [3.8, 4) is 0 Å². The van der Waals surface area contributed by atoms with Crippen molar-refractivity contribution < 1.29 is 9.18 Å². The number of carbonyl (C=O) groups excluding carboxylic acids is 1. The molecule has 0 unspecified atom stereocenters. The van der Waals surface area contributed by atoms with Gasteiger partial charge >= 0.3 is 0 Å². The molecule has 5 nitrogen and oxygen atoms in total. The molecule has 0 atom stereocenters. The molecule has 0 saturated carbocycles. The molecule has 18 heavy (non-hydrogen) atoms. The van der Waals surface area contributed by atoms with E-state index in [2.05, 4.69) is 20.5 Å². The number of amides is 1. The smallest absolute Gasteiger partial charge is 0.227 e. The number of thioether (sulfide) groups is 1. The Kier molecular flexibility index (Phi) is 4.30. The number of benzene rings is 1. The monoisotopic (exact) mass is 266 g/mol. The third kappa shape index (κ3) is 3.85. The van der Waals surface area contributed by atoms with Gasteiger partial charge in [0.15, 0.2) is 0 Å². The van der Waals surface area contributed by atoms with Gasteiger partial charge < -0.3 is 0 Å². The first-order chi connectivity index (χ1) is 8.74. The molecular formula is C11H11FN4OS. The molecule has 0 fully saturated rings. The van der Waals surface area contributed by atoms with Crippen LogP contribution in [0, 0.1) is 5.82 Å². The zero-order valence-corrected chi connectivity index (χ0v) is 10.2. The number of aromatic amines is 1. The lowest BCUT2D eigenvalue weighted by Crippen LogP contribution is -2.13. The summed E-state index contributed by atoms with van der Waals surface area (Å²) >= 11 is 1.50. The van der Waals surface area contributed by atoms with Crippen molar-refractivity contribution in [1.29, 1.82) is 0 Å². The standard InChI is InChI=1S/C11H11FN4OS/c12-8-1-3-9(4-2-8)18-6-5-10(17)15-11-13-7-14-16-11/h1-4,7H,5-6H2,(H2,13,14,15,16,17). The number of rotatable bonds is 5. The molecule has 2 N–H and O–H groups in total. The zero-order chi connectivity index (χ0) is 12.8. The van der Waals surface area contributed by atoms with Crippen LogP contribution in [0.1, 0.15) is 6.42 Å². The average molecular weight is 266 g/mol. The minimum absolute atomic E-state index is 0.138. The SMILES string of the molecule is O=C(CCSc1ccc(F)cc1)Nc1ncn[nH]1. The normalized spacial score (nSPS) is 10.3. The highest BCUT2D eigenvalue weighted by atomic mass is 32.2.